The Balaban J connectivity index is 2.48. The van der Waals surface area contributed by atoms with Gasteiger partial charge in [-0.2, -0.15) is 5.10 Å². The van der Waals surface area contributed by atoms with E-state index in [1.807, 2.05) is 6.20 Å². The molecule has 0 aliphatic carbocycles. The van der Waals surface area contributed by atoms with Crippen molar-refractivity contribution in [3.63, 3.8) is 0 Å². The fourth-order valence-corrected chi connectivity index (χ4v) is 1.25. The summed E-state index contributed by atoms with van der Waals surface area (Å²) in [7, 11) is 0. The van der Waals surface area contributed by atoms with Crippen LogP contribution < -0.4 is 0 Å². The first-order valence-corrected chi connectivity index (χ1v) is 3.59. The third kappa shape index (κ3) is 0.823. The van der Waals surface area contributed by atoms with Gasteiger partial charge in [0.25, 0.3) is 0 Å². The molecule has 2 aromatic heterocycles. The van der Waals surface area contributed by atoms with Crippen molar-refractivity contribution in [1.82, 2.24) is 15.2 Å². The fraction of sp³-hybridized carbons (Fsp3) is 0. The molecule has 3 nitrogen and oxygen atoms in total. The zero-order chi connectivity index (χ0) is 6.81. The first-order valence-electron chi connectivity index (χ1n) is 2.78. The lowest BCUT2D eigenvalue weighted by Gasteiger charge is -1.81. The standard InChI is InChI=1S/C6H4N3S/c1-2-10-6(7-1)5-3-8-9-4-5/h1,3-4H,(H,8,9). The van der Waals surface area contributed by atoms with E-state index in [1.165, 1.54) is 11.3 Å². The number of aromatic nitrogens is 3. The highest BCUT2D eigenvalue weighted by atomic mass is 32.1. The molecule has 49 valence electrons. The summed E-state index contributed by atoms with van der Waals surface area (Å²) in [4.78, 5) is 4.06. The van der Waals surface area contributed by atoms with Crippen molar-refractivity contribution in [2.75, 3.05) is 0 Å². The molecule has 0 saturated carbocycles. The summed E-state index contributed by atoms with van der Waals surface area (Å²) in [5.74, 6) is 0. The van der Waals surface area contributed by atoms with Crippen LogP contribution >= 0.6 is 11.3 Å². The Bertz CT molecular complexity index is 252. The van der Waals surface area contributed by atoms with Gasteiger partial charge < -0.3 is 0 Å². The van der Waals surface area contributed by atoms with Crippen LogP contribution in [0.4, 0.5) is 0 Å². The van der Waals surface area contributed by atoms with Crippen LogP contribution in [0, 0.1) is 5.38 Å². The predicted octanol–water partition coefficient (Wildman–Crippen LogP) is 1.33. The molecule has 0 amide bonds. The topological polar surface area (TPSA) is 41.6 Å². The van der Waals surface area contributed by atoms with E-state index in [0.717, 1.165) is 10.6 Å². The molecule has 10 heavy (non-hydrogen) atoms. The van der Waals surface area contributed by atoms with E-state index < -0.39 is 0 Å². The van der Waals surface area contributed by atoms with Gasteiger partial charge in [0.1, 0.15) is 5.01 Å². The van der Waals surface area contributed by atoms with Gasteiger partial charge in [0, 0.05) is 18.0 Å². The summed E-state index contributed by atoms with van der Waals surface area (Å²) in [6.07, 6.45) is 5.21. The number of thiazole rings is 1. The number of hydrogen-bond acceptors (Lipinski definition) is 3. The molecule has 0 aliphatic heterocycles. The van der Waals surface area contributed by atoms with Gasteiger partial charge >= 0.3 is 0 Å². The van der Waals surface area contributed by atoms with Crippen molar-refractivity contribution in [2.24, 2.45) is 0 Å². The van der Waals surface area contributed by atoms with Crippen LogP contribution in [0.3, 0.4) is 0 Å². The van der Waals surface area contributed by atoms with Gasteiger partial charge in [-0.25, -0.2) is 4.98 Å². The summed E-state index contributed by atoms with van der Waals surface area (Å²) in [5.41, 5.74) is 1.02. The SMILES string of the molecule is [c]1cnc(-c2cn[nH]c2)s1. The molecule has 0 bridgehead atoms. The molecular formula is C6H4N3S. The highest BCUT2D eigenvalue weighted by Crippen LogP contribution is 2.18. The van der Waals surface area contributed by atoms with Crippen LogP contribution in [0.5, 0.6) is 0 Å². The number of nitrogens with zero attached hydrogens (tertiary/aromatic N) is 2. The van der Waals surface area contributed by atoms with Crippen LogP contribution in [0.25, 0.3) is 10.6 Å². The minimum atomic E-state index is 0.953. The fourth-order valence-electron chi connectivity index (χ4n) is 0.695. The van der Waals surface area contributed by atoms with E-state index in [-0.39, 0.29) is 0 Å². The Morgan fingerprint density at radius 2 is 2.60 bits per heavy atom. The average Bonchev–Trinajstić information content (AvgIpc) is 2.59. The largest absolute Gasteiger partial charge is 0.285 e. The van der Waals surface area contributed by atoms with Gasteiger partial charge in [0.15, 0.2) is 0 Å². The van der Waals surface area contributed by atoms with Crippen LogP contribution in [0.2, 0.25) is 0 Å². The summed E-state index contributed by atoms with van der Waals surface area (Å²) in [6.45, 7) is 0. The second-order valence-electron chi connectivity index (χ2n) is 1.77. The Morgan fingerprint density at radius 1 is 1.60 bits per heavy atom. The molecule has 1 N–H and O–H groups in total. The number of hydrogen-bond donors (Lipinski definition) is 1. The van der Waals surface area contributed by atoms with Gasteiger partial charge in [-0.05, 0) is 0 Å². The lowest BCUT2D eigenvalue weighted by Crippen LogP contribution is -1.66. The second kappa shape index (κ2) is 2.22. The molecule has 0 fully saturated rings. The number of nitrogens with one attached hydrogen (secondary N) is 1. The second-order valence-corrected chi connectivity index (χ2v) is 2.60. The molecule has 0 spiro atoms. The third-order valence-electron chi connectivity index (χ3n) is 1.14. The van der Waals surface area contributed by atoms with Crippen molar-refractivity contribution in [2.45, 2.75) is 0 Å². The molecule has 2 heterocycles. The molecule has 0 saturated heterocycles. The van der Waals surface area contributed by atoms with Crippen LogP contribution in [-0.4, -0.2) is 15.2 Å². The number of aromatic amines is 1. The van der Waals surface area contributed by atoms with Gasteiger partial charge in [0.2, 0.25) is 0 Å². The summed E-state index contributed by atoms with van der Waals surface area (Å²) >= 11 is 1.48. The van der Waals surface area contributed by atoms with Crippen molar-refractivity contribution < 1.29 is 0 Å². The Labute approximate surface area is 61.7 Å². The van der Waals surface area contributed by atoms with E-state index in [1.54, 1.807) is 12.4 Å². The van der Waals surface area contributed by atoms with Gasteiger partial charge in [0.05, 0.1) is 11.6 Å². The van der Waals surface area contributed by atoms with Crippen LogP contribution in [0.15, 0.2) is 18.6 Å². The van der Waals surface area contributed by atoms with Gasteiger partial charge in [-0.1, -0.05) is 0 Å². The zero-order valence-corrected chi connectivity index (χ0v) is 5.85. The normalized spacial score (nSPS) is 10.0. The minimum absolute atomic E-state index is 0.953. The first kappa shape index (κ1) is 5.61. The summed E-state index contributed by atoms with van der Waals surface area (Å²) in [5, 5.41) is 10.4. The lowest BCUT2D eigenvalue weighted by atomic mass is 10.4. The smallest absolute Gasteiger partial charge is 0.127 e. The van der Waals surface area contributed by atoms with Crippen LogP contribution in [-0.2, 0) is 0 Å². The molecule has 2 aromatic rings. The maximum atomic E-state index is 4.06. The molecule has 1 radical (unpaired) electrons. The Kier molecular flexibility index (Phi) is 1.25. The molecular weight excluding hydrogens is 146 g/mol. The number of rotatable bonds is 1. The highest BCUT2D eigenvalue weighted by Gasteiger charge is 1.98. The van der Waals surface area contributed by atoms with Gasteiger partial charge in [-0.15, -0.1) is 11.3 Å². The van der Waals surface area contributed by atoms with Crippen LogP contribution in [0.1, 0.15) is 0 Å². The predicted molar refractivity (Wildman–Crippen MR) is 38.5 cm³/mol. The summed E-state index contributed by atoms with van der Waals surface area (Å²) < 4.78 is 0. The van der Waals surface area contributed by atoms with Gasteiger partial charge in [-0.3, -0.25) is 5.10 Å². The molecule has 0 atom stereocenters. The monoisotopic (exact) mass is 150 g/mol. The average molecular weight is 150 g/mol. The summed E-state index contributed by atoms with van der Waals surface area (Å²) in [6, 6.07) is 0. The first-order chi connectivity index (χ1) is 4.97. The van der Waals surface area contributed by atoms with Crippen molar-refractivity contribution in [3.05, 3.63) is 24.0 Å². The third-order valence-corrected chi connectivity index (χ3v) is 1.89. The van der Waals surface area contributed by atoms with Crippen molar-refractivity contribution >= 4 is 11.3 Å². The Morgan fingerprint density at radius 3 is 3.20 bits per heavy atom. The minimum Gasteiger partial charge on any atom is -0.285 e. The quantitative estimate of drug-likeness (QED) is 0.666. The molecule has 0 aromatic carbocycles. The van der Waals surface area contributed by atoms with E-state index in [0.29, 0.717) is 0 Å². The number of H-pyrrole nitrogens is 1. The van der Waals surface area contributed by atoms with Crippen molar-refractivity contribution in [3.8, 4) is 10.6 Å². The Hall–Kier alpha value is -1.16. The molecule has 4 heteroatoms. The highest BCUT2D eigenvalue weighted by molar-refractivity contribution is 7.12. The maximum absolute atomic E-state index is 4.06. The van der Waals surface area contributed by atoms with E-state index in [2.05, 4.69) is 20.6 Å². The van der Waals surface area contributed by atoms with Crippen molar-refractivity contribution in [1.29, 1.82) is 0 Å². The molecule has 2 rings (SSSR count). The molecule has 0 aliphatic rings. The maximum Gasteiger partial charge on any atom is 0.127 e. The van der Waals surface area contributed by atoms with E-state index in [4.69, 9.17) is 0 Å². The lowest BCUT2D eigenvalue weighted by molar-refractivity contribution is 1.09. The van der Waals surface area contributed by atoms with E-state index in [9.17, 15) is 0 Å². The zero-order valence-electron chi connectivity index (χ0n) is 5.03. The van der Waals surface area contributed by atoms with E-state index >= 15 is 0 Å². The molecule has 0 unspecified atom stereocenters.